The van der Waals surface area contributed by atoms with Crippen molar-refractivity contribution in [3.63, 3.8) is 0 Å². The molecule has 0 amide bonds. The summed E-state index contributed by atoms with van der Waals surface area (Å²) in [6.07, 6.45) is 5.00. The van der Waals surface area contributed by atoms with Crippen molar-refractivity contribution in [3.8, 4) is 11.4 Å². The van der Waals surface area contributed by atoms with Crippen LogP contribution in [0.15, 0.2) is 30.3 Å². The zero-order chi connectivity index (χ0) is 13.1. The molecule has 19 heavy (non-hydrogen) atoms. The van der Waals surface area contributed by atoms with Crippen molar-refractivity contribution in [1.82, 2.24) is 20.1 Å². The maximum atomic E-state index is 4.73. The summed E-state index contributed by atoms with van der Waals surface area (Å²) in [7, 11) is 1.99. The van der Waals surface area contributed by atoms with Crippen LogP contribution in [-0.2, 0) is 7.05 Å². The average Bonchev–Trinajstić information content (AvgIpc) is 2.66. The van der Waals surface area contributed by atoms with E-state index in [-0.39, 0.29) is 0 Å². The third-order valence-electron chi connectivity index (χ3n) is 3.70. The average molecular weight is 256 g/mol. The molecule has 3 rings (SSSR count). The van der Waals surface area contributed by atoms with Crippen LogP contribution in [0.4, 0.5) is 0 Å². The predicted molar refractivity (Wildman–Crippen MR) is 75.7 cm³/mol. The fraction of sp³-hybridized carbons (Fsp3) is 0.467. The van der Waals surface area contributed by atoms with Crippen LogP contribution >= 0.6 is 0 Å². The van der Waals surface area contributed by atoms with Crippen LogP contribution in [0.1, 0.15) is 37.5 Å². The summed E-state index contributed by atoms with van der Waals surface area (Å²) >= 11 is 0. The summed E-state index contributed by atoms with van der Waals surface area (Å²) < 4.78 is 1.92. The van der Waals surface area contributed by atoms with Crippen LogP contribution in [0.25, 0.3) is 11.4 Å². The summed E-state index contributed by atoms with van der Waals surface area (Å²) in [4.78, 5) is 4.73. The van der Waals surface area contributed by atoms with Crippen molar-refractivity contribution in [3.05, 3.63) is 36.2 Å². The molecule has 100 valence electrons. The third-order valence-corrected chi connectivity index (χ3v) is 3.70. The zero-order valence-electron chi connectivity index (χ0n) is 11.3. The molecule has 4 heteroatoms. The van der Waals surface area contributed by atoms with Gasteiger partial charge in [-0.05, 0) is 19.4 Å². The van der Waals surface area contributed by atoms with Crippen molar-refractivity contribution in [1.29, 1.82) is 0 Å². The molecule has 4 nitrogen and oxygen atoms in total. The molecule has 1 aliphatic rings. The summed E-state index contributed by atoms with van der Waals surface area (Å²) in [5, 5.41) is 8.13. The Kier molecular flexibility index (Phi) is 3.60. The molecule has 0 radical (unpaired) electrons. The molecule has 1 saturated heterocycles. The first-order valence-electron chi connectivity index (χ1n) is 7.04. The first-order chi connectivity index (χ1) is 9.34. The lowest BCUT2D eigenvalue weighted by Crippen LogP contribution is -2.23. The molecule has 2 heterocycles. The van der Waals surface area contributed by atoms with Gasteiger partial charge in [-0.2, -0.15) is 5.10 Å². The summed E-state index contributed by atoms with van der Waals surface area (Å²) in [5.74, 6) is 1.88. The largest absolute Gasteiger partial charge is 0.307 e. The SMILES string of the molecule is Cn1nc(-c2ccccc2)nc1C1CCCCCN1. The molecule has 0 aliphatic carbocycles. The van der Waals surface area contributed by atoms with E-state index in [2.05, 4.69) is 22.5 Å². The maximum absolute atomic E-state index is 4.73. The van der Waals surface area contributed by atoms with Gasteiger partial charge in [0.15, 0.2) is 5.82 Å². The monoisotopic (exact) mass is 256 g/mol. The summed E-state index contributed by atoms with van der Waals surface area (Å²) in [6, 6.07) is 10.5. The van der Waals surface area contributed by atoms with Gasteiger partial charge in [-0.25, -0.2) is 4.98 Å². The molecular formula is C15H20N4. The third kappa shape index (κ3) is 2.68. The van der Waals surface area contributed by atoms with Gasteiger partial charge in [0, 0.05) is 12.6 Å². The van der Waals surface area contributed by atoms with Gasteiger partial charge >= 0.3 is 0 Å². The van der Waals surface area contributed by atoms with Gasteiger partial charge in [0.05, 0.1) is 6.04 Å². The molecule has 1 aromatic carbocycles. The number of nitrogens with zero attached hydrogens (tertiary/aromatic N) is 3. The van der Waals surface area contributed by atoms with Gasteiger partial charge in [0.2, 0.25) is 0 Å². The number of aryl methyl sites for hydroxylation is 1. The normalized spacial score (nSPS) is 20.2. The van der Waals surface area contributed by atoms with E-state index in [0.29, 0.717) is 6.04 Å². The minimum absolute atomic E-state index is 0.345. The Morgan fingerprint density at radius 1 is 1.16 bits per heavy atom. The highest BCUT2D eigenvalue weighted by atomic mass is 15.3. The second-order valence-corrected chi connectivity index (χ2v) is 5.14. The van der Waals surface area contributed by atoms with E-state index in [1.54, 1.807) is 0 Å². The number of aromatic nitrogens is 3. The molecule has 1 unspecified atom stereocenters. The zero-order valence-corrected chi connectivity index (χ0v) is 11.3. The van der Waals surface area contributed by atoms with Crippen LogP contribution in [0.3, 0.4) is 0 Å². The molecule has 2 aromatic rings. The minimum Gasteiger partial charge on any atom is -0.307 e. The Morgan fingerprint density at radius 2 is 2.00 bits per heavy atom. The lowest BCUT2D eigenvalue weighted by Gasteiger charge is -2.13. The second-order valence-electron chi connectivity index (χ2n) is 5.14. The van der Waals surface area contributed by atoms with E-state index < -0.39 is 0 Å². The van der Waals surface area contributed by atoms with E-state index in [9.17, 15) is 0 Å². The Labute approximate surface area is 113 Å². The first-order valence-corrected chi connectivity index (χ1v) is 7.04. The van der Waals surface area contributed by atoms with E-state index >= 15 is 0 Å². The molecule has 0 saturated carbocycles. The van der Waals surface area contributed by atoms with Crippen LogP contribution < -0.4 is 5.32 Å². The lowest BCUT2D eigenvalue weighted by atomic mass is 10.1. The summed E-state index contributed by atoms with van der Waals surface area (Å²) in [5.41, 5.74) is 1.08. The molecular weight excluding hydrogens is 236 g/mol. The fourth-order valence-corrected chi connectivity index (χ4v) is 2.66. The van der Waals surface area contributed by atoms with E-state index in [1.807, 2.05) is 29.9 Å². The number of benzene rings is 1. The molecule has 0 bridgehead atoms. The van der Waals surface area contributed by atoms with Crippen molar-refractivity contribution < 1.29 is 0 Å². The molecule has 1 atom stereocenters. The summed E-state index contributed by atoms with van der Waals surface area (Å²) in [6.45, 7) is 1.08. The Hall–Kier alpha value is -1.68. The van der Waals surface area contributed by atoms with Gasteiger partial charge in [-0.1, -0.05) is 43.2 Å². The van der Waals surface area contributed by atoms with Crippen LogP contribution in [-0.4, -0.2) is 21.3 Å². The van der Waals surface area contributed by atoms with Gasteiger partial charge in [0.25, 0.3) is 0 Å². The molecule has 1 aliphatic heterocycles. The minimum atomic E-state index is 0.345. The van der Waals surface area contributed by atoms with Crippen LogP contribution in [0.5, 0.6) is 0 Å². The molecule has 1 aromatic heterocycles. The highest BCUT2D eigenvalue weighted by Gasteiger charge is 2.20. The molecule has 1 fully saturated rings. The van der Waals surface area contributed by atoms with Gasteiger partial charge < -0.3 is 5.32 Å². The second kappa shape index (κ2) is 5.53. The Bertz CT molecular complexity index is 524. The molecule has 0 spiro atoms. The first kappa shape index (κ1) is 12.4. The van der Waals surface area contributed by atoms with Gasteiger partial charge in [-0.3, -0.25) is 4.68 Å². The number of rotatable bonds is 2. The van der Waals surface area contributed by atoms with Crippen molar-refractivity contribution in [2.24, 2.45) is 7.05 Å². The quantitative estimate of drug-likeness (QED) is 0.898. The number of hydrogen-bond acceptors (Lipinski definition) is 3. The fourth-order valence-electron chi connectivity index (χ4n) is 2.66. The standard InChI is InChI=1S/C15H20N4/c1-19-15(13-10-6-3-7-11-16-13)17-14(18-19)12-8-4-2-5-9-12/h2,4-5,8-9,13,16H,3,6-7,10-11H2,1H3. The highest BCUT2D eigenvalue weighted by Crippen LogP contribution is 2.23. The number of nitrogens with one attached hydrogen (secondary N) is 1. The van der Waals surface area contributed by atoms with Crippen molar-refractivity contribution >= 4 is 0 Å². The van der Waals surface area contributed by atoms with Gasteiger partial charge in [0.1, 0.15) is 5.82 Å². The van der Waals surface area contributed by atoms with Crippen LogP contribution in [0, 0.1) is 0 Å². The molecule has 1 N–H and O–H groups in total. The Balaban J connectivity index is 1.88. The van der Waals surface area contributed by atoms with E-state index in [1.165, 1.54) is 19.3 Å². The van der Waals surface area contributed by atoms with E-state index in [4.69, 9.17) is 4.98 Å². The lowest BCUT2D eigenvalue weighted by molar-refractivity contribution is 0.483. The van der Waals surface area contributed by atoms with Gasteiger partial charge in [-0.15, -0.1) is 0 Å². The topological polar surface area (TPSA) is 42.7 Å². The maximum Gasteiger partial charge on any atom is 0.181 e. The smallest absolute Gasteiger partial charge is 0.181 e. The Morgan fingerprint density at radius 3 is 2.84 bits per heavy atom. The highest BCUT2D eigenvalue weighted by molar-refractivity contribution is 5.54. The van der Waals surface area contributed by atoms with Crippen LogP contribution in [0.2, 0.25) is 0 Å². The van der Waals surface area contributed by atoms with E-state index in [0.717, 1.165) is 30.2 Å². The predicted octanol–water partition coefficient (Wildman–Crippen LogP) is 2.69. The number of hydrogen-bond donors (Lipinski definition) is 1. The van der Waals surface area contributed by atoms with Crippen molar-refractivity contribution in [2.75, 3.05) is 6.54 Å². The van der Waals surface area contributed by atoms with Crippen molar-refractivity contribution in [2.45, 2.75) is 31.7 Å².